The van der Waals surface area contributed by atoms with E-state index < -0.39 is 0 Å². The number of hydrogen-bond acceptors (Lipinski definition) is 4. The predicted octanol–water partition coefficient (Wildman–Crippen LogP) is 1.61. The second-order valence-electron chi connectivity index (χ2n) is 4.72. The topological polar surface area (TPSA) is 55.6 Å². The molecule has 3 aliphatic heterocycles. The van der Waals surface area contributed by atoms with Gasteiger partial charge in [0, 0.05) is 12.2 Å². The third-order valence-corrected chi connectivity index (χ3v) is 3.82. The summed E-state index contributed by atoms with van der Waals surface area (Å²) in [4.78, 5) is 4.47. The largest absolute Gasteiger partial charge is 0.351 e. The van der Waals surface area contributed by atoms with E-state index in [1.54, 1.807) is 0 Å². The first kappa shape index (κ1) is 8.50. The Labute approximate surface area is 93.2 Å². The molecule has 0 amide bonds. The fourth-order valence-electron chi connectivity index (χ4n) is 3.01. The van der Waals surface area contributed by atoms with Crippen molar-refractivity contribution in [3.05, 3.63) is 11.9 Å². The zero-order valence-electron chi connectivity index (χ0n) is 9.14. The van der Waals surface area contributed by atoms with Gasteiger partial charge >= 0.3 is 0 Å². The molecular weight excluding hydrogens is 202 g/mol. The van der Waals surface area contributed by atoms with Gasteiger partial charge in [0.25, 0.3) is 0 Å². The quantitative estimate of drug-likeness (QED) is 0.725. The van der Waals surface area contributed by atoms with Crippen LogP contribution in [0.15, 0.2) is 6.20 Å². The van der Waals surface area contributed by atoms with Crippen LogP contribution in [-0.4, -0.2) is 25.8 Å². The highest BCUT2D eigenvalue weighted by atomic mass is 15.3. The molecule has 0 aromatic rings. The molecule has 0 aromatic carbocycles. The van der Waals surface area contributed by atoms with E-state index in [2.05, 4.69) is 25.1 Å². The van der Waals surface area contributed by atoms with Crippen molar-refractivity contribution in [1.29, 1.82) is 0 Å². The van der Waals surface area contributed by atoms with Crippen molar-refractivity contribution < 1.29 is 0 Å². The monoisotopic (exact) mass is 215 g/mol. The molecule has 16 heavy (non-hydrogen) atoms. The Balaban J connectivity index is 1.98. The number of hydrogen-bond donors (Lipinski definition) is 1. The summed E-state index contributed by atoms with van der Waals surface area (Å²) in [5.41, 5.74) is 2.05. The van der Waals surface area contributed by atoms with Crippen LogP contribution >= 0.6 is 0 Å². The van der Waals surface area contributed by atoms with E-state index in [4.69, 9.17) is 0 Å². The van der Waals surface area contributed by atoms with E-state index in [-0.39, 0.29) is 0 Å². The minimum Gasteiger partial charge on any atom is -0.351 e. The minimum atomic E-state index is 0.530. The van der Waals surface area contributed by atoms with Crippen LogP contribution in [0.1, 0.15) is 31.0 Å². The van der Waals surface area contributed by atoms with Gasteiger partial charge in [-0.05, 0) is 26.2 Å². The molecule has 0 radical (unpaired) electrons. The van der Waals surface area contributed by atoms with Crippen molar-refractivity contribution in [1.82, 2.24) is 19.7 Å². The van der Waals surface area contributed by atoms with E-state index in [1.165, 1.54) is 19.3 Å². The molecule has 4 aliphatic rings. The number of nitrogens with zero attached hydrogens (tertiary/aromatic N) is 4. The third kappa shape index (κ3) is 0.887. The van der Waals surface area contributed by atoms with Crippen molar-refractivity contribution in [2.24, 2.45) is 0 Å². The molecular formula is C11H13N5. The molecule has 1 saturated carbocycles. The van der Waals surface area contributed by atoms with Gasteiger partial charge in [0.05, 0.1) is 17.3 Å². The van der Waals surface area contributed by atoms with Crippen molar-refractivity contribution >= 4 is 5.95 Å². The first-order valence-electron chi connectivity index (χ1n) is 5.81. The molecule has 4 rings (SSSR count). The number of fused-ring (bicyclic) bond motifs is 5. The van der Waals surface area contributed by atoms with E-state index in [0.29, 0.717) is 12.1 Å². The van der Waals surface area contributed by atoms with Gasteiger partial charge in [0.2, 0.25) is 5.95 Å². The Kier molecular flexibility index (Phi) is 1.45. The molecule has 3 heterocycles. The van der Waals surface area contributed by atoms with E-state index in [9.17, 15) is 0 Å². The molecule has 5 nitrogen and oxygen atoms in total. The number of rotatable bonds is 0. The van der Waals surface area contributed by atoms with Crippen LogP contribution in [0.5, 0.6) is 0 Å². The molecule has 0 aromatic heterocycles. The molecule has 0 spiro atoms. The van der Waals surface area contributed by atoms with Crippen LogP contribution in [0.25, 0.3) is 11.4 Å². The van der Waals surface area contributed by atoms with Gasteiger partial charge in [-0.15, -0.1) is 5.10 Å². The molecule has 2 atom stereocenters. The summed E-state index contributed by atoms with van der Waals surface area (Å²) in [7, 11) is 0. The molecule has 0 saturated heterocycles. The van der Waals surface area contributed by atoms with Crippen LogP contribution in [0.2, 0.25) is 0 Å². The Hall–Kier alpha value is -1.65. The van der Waals surface area contributed by atoms with Gasteiger partial charge in [-0.25, -0.2) is 4.98 Å². The summed E-state index contributed by atoms with van der Waals surface area (Å²) in [5.74, 6) is 1.95. The number of aromatic nitrogens is 4. The Bertz CT molecular complexity index is 532. The normalized spacial score (nSPS) is 26.8. The Morgan fingerprint density at radius 1 is 1.38 bits per heavy atom. The predicted molar refractivity (Wildman–Crippen MR) is 59.5 cm³/mol. The number of anilines is 1. The standard InChI is InChI=1S/C11H13N5/c1-6-7-5-12-11-13-8-3-2-4-9(8)16(11)10(7)15-14-6/h5,8-9H,2-4H2,1H3,(H,12,13). The first-order valence-corrected chi connectivity index (χ1v) is 5.81. The lowest BCUT2D eigenvalue weighted by atomic mass is 10.2. The Morgan fingerprint density at radius 3 is 3.25 bits per heavy atom. The van der Waals surface area contributed by atoms with Gasteiger partial charge in [0.1, 0.15) is 0 Å². The smallest absolute Gasteiger partial charge is 0.205 e. The summed E-state index contributed by atoms with van der Waals surface area (Å²) < 4.78 is 2.24. The van der Waals surface area contributed by atoms with Crippen molar-refractivity contribution in [2.45, 2.75) is 38.3 Å². The first-order chi connectivity index (χ1) is 7.84. The average molecular weight is 215 g/mol. The third-order valence-electron chi connectivity index (χ3n) is 3.82. The minimum absolute atomic E-state index is 0.530. The van der Waals surface area contributed by atoms with Gasteiger partial charge in [-0.1, -0.05) is 0 Å². The zero-order chi connectivity index (χ0) is 10.7. The van der Waals surface area contributed by atoms with Crippen LogP contribution in [0.4, 0.5) is 5.95 Å². The van der Waals surface area contributed by atoms with Crippen LogP contribution in [0.3, 0.4) is 0 Å². The second kappa shape index (κ2) is 2.72. The second-order valence-corrected chi connectivity index (χ2v) is 4.72. The maximum atomic E-state index is 4.47. The zero-order valence-corrected chi connectivity index (χ0v) is 9.14. The maximum Gasteiger partial charge on any atom is 0.205 e. The molecule has 5 heteroatoms. The molecule has 1 aliphatic carbocycles. The highest BCUT2D eigenvalue weighted by Gasteiger charge is 2.38. The van der Waals surface area contributed by atoms with Crippen molar-refractivity contribution in [2.75, 3.05) is 5.32 Å². The fraction of sp³-hybridized carbons (Fsp3) is 0.545. The SMILES string of the molecule is Cc1nnc2n3c(ncc1-2)NC1CCCC13. The van der Waals surface area contributed by atoms with Gasteiger partial charge in [-0.3, -0.25) is 4.57 Å². The lowest BCUT2D eigenvalue weighted by molar-refractivity contribution is 0.530. The summed E-state index contributed by atoms with van der Waals surface area (Å²) in [6.07, 6.45) is 5.63. The van der Waals surface area contributed by atoms with Crippen LogP contribution in [0, 0.1) is 6.92 Å². The highest BCUT2D eigenvalue weighted by Crippen LogP contribution is 2.42. The summed E-state index contributed by atoms with van der Waals surface area (Å²) in [6.45, 7) is 1.98. The van der Waals surface area contributed by atoms with Crippen molar-refractivity contribution in [3.63, 3.8) is 0 Å². The van der Waals surface area contributed by atoms with E-state index >= 15 is 0 Å². The van der Waals surface area contributed by atoms with E-state index in [1.807, 2.05) is 13.1 Å². The highest BCUT2D eigenvalue weighted by molar-refractivity contribution is 5.62. The summed E-state index contributed by atoms with van der Waals surface area (Å²) in [6, 6.07) is 1.08. The molecule has 0 bridgehead atoms. The van der Waals surface area contributed by atoms with Gasteiger partial charge in [-0.2, -0.15) is 5.10 Å². The molecule has 1 N–H and O–H groups in total. The number of nitrogens with one attached hydrogen (secondary N) is 1. The summed E-state index contributed by atoms with van der Waals surface area (Å²) in [5, 5.41) is 11.9. The summed E-state index contributed by atoms with van der Waals surface area (Å²) >= 11 is 0. The fourth-order valence-corrected chi connectivity index (χ4v) is 3.01. The van der Waals surface area contributed by atoms with Gasteiger partial charge in [0.15, 0.2) is 5.82 Å². The average Bonchev–Trinajstić information content (AvgIpc) is 2.91. The maximum absolute atomic E-state index is 4.47. The van der Waals surface area contributed by atoms with Gasteiger partial charge < -0.3 is 5.32 Å². The Morgan fingerprint density at radius 2 is 2.31 bits per heavy atom. The van der Waals surface area contributed by atoms with Crippen LogP contribution in [-0.2, 0) is 0 Å². The van der Waals surface area contributed by atoms with Crippen LogP contribution < -0.4 is 5.32 Å². The molecule has 2 unspecified atom stereocenters. The number of aryl methyl sites for hydroxylation is 1. The van der Waals surface area contributed by atoms with E-state index in [0.717, 1.165) is 23.0 Å². The lowest BCUT2D eigenvalue weighted by Gasteiger charge is -2.13. The molecule has 1 fully saturated rings. The molecule has 82 valence electrons. The lowest BCUT2D eigenvalue weighted by Crippen LogP contribution is -2.15. The van der Waals surface area contributed by atoms with Crippen molar-refractivity contribution in [3.8, 4) is 11.4 Å².